The SMILES string of the molecule is CC(C)(C)c1nc(Cl)cc(Oc2ccc(Br)cc2F)n1. The predicted molar refractivity (Wildman–Crippen MR) is 79.9 cm³/mol. The average molecular weight is 360 g/mol. The summed E-state index contributed by atoms with van der Waals surface area (Å²) in [5, 5.41) is 0.262. The molecule has 0 amide bonds. The second-order valence-corrected chi connectivity index (χ2v) is 6.58. The van der Waals surface area contributed by atoms with E-state index < -0.39 is 5.82 Å². The molecule has 0 spiro atoms. The Morgan fingerprint density at radius 1 is 1.20 bits per heavy atom. The second-order valence-electron chi connectivity index (χ2n) is 5.28. The van der Waals surface area contributed by atoms with Crippen LogP contribution < -0.4 is 4.74 Å². The highest BCUT2D eigenvalue weighted by Gasteiger charge is 2.19. The van der Waals surface area contributed by atoms with Crippen molar-refractivity contribution in [1.29, 1.82) is 0 Å². The summed E-state index contributed by atoms with van der Waals surface area (Å²) < 4.78 is 19.8. The smallest absolute Gasteiger partial charge is 0.224 e. The third kappa shape index (κ3) is 3.67. The van der Waals surface area contributed by atoms with Crippen LogP contribution in [-0.4, -0.2) is 9.97 Å². The Labute approximate surface area is 130 Å². The molecule has 1 aromatic carbocycles. The zero-order valence-electron chi connectivity index (χ0n) is 11.2. The lowest BCUT2D eigenvalue weighted by atomic mass is 9.96. The van der Waals surface area contributed by atoms with Crippen LogP contribution >= 0.6 is 27.5 Å². The van der Waals surface area contributed by atoms with Crippen LogP contribution in [0.4, 0.5) is 4.39 Å². The second kappa shape index (κ2) is 5.66. The minimum atomic E-state index is -0.480. The lowest BCUT2D eigenvalue weighted by Gasteiger charge is -2.17. The molecule has 0 aliphatic heterocycles. The summed E-state index contributed by atoms with van der Waals surface area (Å²) >= 11 is 9.14. The van der Waals surface area contributed by atoms with E-state index in [-0.39, 0.29) is 22.2 Å². The van der Waals surface area contributed by atoms with Crippen LogP contribution in [0.3, 0.4) is 0 Å². The molecule has 106 valence electrons. The Balaban J connectivity index is 2.36. The minimum absolute atomic E-state index is 0.0859. The quantitative estimate of drug-likeness (QED) is 0.698. The van der Waals surface area contributed by atoms with Gasteiger partial charge in [-0.2, -0.15) is 4.98 Å². The normalized spacial score (nSPS) is 11.5. The highest BCUT2D eigenvalue weighted by molar-refractivity contribution is 9.10. The lowest BCUT2D eigenvalue weighted by molar-refractivity contribution is 0.417. The van der Waals surface area contributed by atoms with E-state index in [1.807, 2.05) is 20.8 Å². The summed E-state index contributed by atoms with van der Waals surface area (Å²) in [7, 11) is 0. The van der Waals surface area contributed by atoms with Crippen LogP contribution in [-0.2, 0) is 5.41 Å². The maximum atomic E-state index is 13.7. The van der Waals surface area contributed by atoms with Crippen molar-refractivity contribution in [2.24, 2.45) is 0 Å². The highest BCUT2D eigenvalue weighted by Crippen LogP contribution is 2.29. The van der Waals surface area contributed by atoms with Crippen molar-refractivity contribution in [2.45, 2.75) is 26.2 Å². The van der Waals surface area contributed by atoms with Gasteiger partial charge in [0.25, 0.3) is 0 Å². The number of halogens is 3. The standard InChI is InChI=1S/C14H13BrClFN2O/c1-14(2,3)13-18-11(16)7-12(19-13)20-10-5-4-8(15)6-9(10)17/h4-7H,1-3H3. The van der Waals surface area contributed by atoms with Crippen LogP contribution in [0.2, 0.25) is 5.15 Å². The van der Waals surface area contributed by atoms with Gasteiger partial charge in [0.15, 0.2) is 11.6 Å². The molecule has 0 atom stereocenters. The maximum absolute atomic E-state index is 13.7. The Morgan fingerprint density at radius 3 is 2.50 bits per heavy atom. The summed E-state index contributed by atoms with van der Waals surface area (Å²) in [5.74, 6) is 0.364. The zero-order chi connectivity index (χ0) is 14.9. The molecule has 0 radical (unpaired) electrons. The molecule has 3 nitrogen and oxygen atoms in total. The van der Waals surface area contributed by atoms with Gasteiger partial charge < -0.3 is 4.74 Å². The Bertz CT molecular complexity index is 644. The van der Waals surface area contributed by atoms with Gasteiger partial charge in [0.05, 0.1) is 0 Å². The fraction of sp³-hybridized carbons (Fsp3) is 0.286. The van der Waals surface area contributed by atoms with Crippen molar-refractivity contribution >= 4 is 27.5 Å². The Kier molecular flexibility index (Phi) is 4.30. The topological polar surface area (TPSA) is 35.0 Å². The largest absolute Gasteiger partial charge is 0.436 e. The van der Waals surface area contributed by atoms with Gasteiger partial charge in [-0.1, -0.05) is 48.3 Å². The maximum Gasteiger partial charge on any atom is 0.224 e. The first-order chi connectivity index (χ1) is 9.25. The van der Waals surface area contributed by atoms with Gasteiger partial charge >= 0.3 is 0 Å². The average Bonchev–Trinajstić information content (AvgIpc) is 2.31. The third-order valence-electron chi connectivity index (χ3n) is 2.45. The van der Waals surface area contributed by atoms with E-state index in [0.717, 1.165) is 0 Å². The molecule has 0 aliphatic carbocycles. The number of hydrogen-bond donors (Lipinski definition) is 0. The summed E-state index contributed by atoms with van der Waals surface area (Å²) in [6.45, 7) is 5.88. The molecule has 0 bridgehead atoms. The molecule has 0 unspecified atom stereocenters. The number of benzene rings is 1. The molecule has 0 saturated heterocycles. The first-order valence-electron chi connectivity index (χ1n) is 5.94. The summed E-state index contributed by atoms with van der Waals surface area (Å²) in [6, 6.07) is 5.99. The molecular weight excluding hydrogens is 347 g/mol. The fourth-order valence-electron chi connectivity index (χ4n) is 1.46. The van der Waals surface area contributed by atoms with Crippen molar-refractivity contribution in [1.82, 2.24) is 9.97 Å². The van der Waals surface area contributed by atoms with Crippen LogP contribution in [0.1, 0.15) is 26.6 Å². The summed E-state index contributed by atoms with van der Waals surface area (Å²) in [4.78, 5) is 8.42. The number of ether oxygens (including phenoxy) is 1. The van der Waals surface area contributed by atoms with E-state index in [1.54, 1.807) is 6.07 Å². The van der Waals surface area contributed by atoms with Crippen molar-refractivity contribution in [3.63, 3.8) is 0 Å². The Morgan fingerprint density at radius 2 is 1.90 bits per heavy atom. The molecule has 1 aromatic heterocycles. The van der Waals surface area contributed by atoms with Crippen LogP contribution in [0, 0.1) is 5.82 Å². The van der Waals surface area contributed by atoms with E-state index in [0.29, 0.717) is 10.3 Å². The monoisotopic (exact) mass is 358 g/mol. The molecular formula is C14H13BrClFN2O. The molecule has 0 N–H and O–H groups in total. The van der Waals surface area contributed by atoms with Gasteiger partial charge in [-0.25, -0.2) is 9.37 Å². The third-order valence-corrected chi connectivity index (χ3v) is 3.14. The first kappa shape index (κ1) is 15.2. The molecule has 6 heteroatoms. The molecule has 20 heavy (non-hydrogen) atoms. The van der Waals surface area contributed by atoms with Gasteiger partial charge in [0, 0.05) is 16.0 Å². The van der Waals surface area contributed by atoms with Crippen molar-refractivity contribution < 1.29 is 9.13 Å². The van der Waals surface area contributed by atoms with Crippen molar-refractivity contribution in [3.8, 4) is 11.6 Å². The molecule has 0 saturated carbocycles. The molecule has 2 aromatic rings. The number of hydrogen-bond acceptors (Lipinski definition) is 3. The molecule has 0 fully saturated rings. The van der Waals surface area contributed by atoms with Crippen LogP contribution in [0.5, 0.6) is 11.6 Å². The summed E-state index contributed by atoms with van der Waals surface area (Å²) in [6.07, 6.45) is 0. The Hall–Kier alpha value is -1.20. The fourth-order valence-corrected chi connectivity index (χ4v) is 1.96. The minimum Gasteiger partial charge on any atom is -0.436 e. The number of rotatable bonds is 2. The van der Waals surface area contributed by atoms with Gasteiger partial charge in [0.1, 0.15) is 11.0 Å². The predicted octanol–water partition coefficient (Wildman–Crippen LogP) is 5.12. The van der Waals surface area contributed by atoms with Gasteiger partial charge in [-0.15, -0.1) is 0 Å². The van der Waals surface area contributed by atoms with E-state index in [2.05, 4.69) is 25.9 Å². The molecule has 1 heterocycles. The molecule has 0 aliphatic rings. The van der Waals surface area contributed by atoms with Gasteiger partial charge in [-0.3, -0.25) is 0 Å². The van der Waals surface area contributed by atoms with Gasteiger partial charge in [-0.05, 0) is 18.2 Å². The highest BCUT2D eigenvalue weighted by atomic mass is 79.9. The zero-order valence-corrected chi connectivity index (χ0v) is 13.6. The van der Waals surface area contributed by atoms with Crippen LogP contribution in [0.25, 0.3) is 0 Å². The first-order valence-corrected chi connectivity index (χ1v) is 7.11. The number of aromatic nitrogens is 2. The number of nitrogens with zero attached hydrogens (tertiary/aromatic N) is 2. The lowest BCUT2D eigenvalue weighted by Crippen LogP contribution is -2.16. The van der Waals surface area contributed by atoms with E-state index in [4.69, 9.17) is 16.3 Å². The van der Waals surface area contributed by atoms with Crippen molar-refractivity contribution in [3.05, 3.63) is 45.5 Å². The molecule has 2 rings (SSSR count). The van der Waals surface area contributed by atoms with Crippen molar-refractivity contribution in [2.75, 3.05) is 0 Å². The van der Waals surface area contributed by atoms with Crippen LogP contribution in [0.15, 0.2) is 28.7 Å². The summed E-state index contributed by atoms with van der Waals surface area (Å²) in [5.41, 5.74) is -0.277. The van der Waals surface area contributed by atoms with E-state index in [9.17, 15) is 4.39 Å². The van der Waals surface area contributed by atoms with Gasteiger partial charge in [0.2, 0.25) is 5.88 Å². The van der Waals surface area contributed by atoms with E-state index >= 15 is 0 Å². The van der Waals surface area contributed by atoms with E-state index in [1.165, 1.54) is 18.2 Å².